The number of rotatable bonds is 4. The third kappa shape index (κ3) is 3.79. The van der Waals surface area contributed by atoms with Crippen molar-refractivity contribution in [2.75, 3.05) is 13.7 Å². The molecule has 0 radical (unpaired) electrons. The van der Waals surface area contributed by atoms with Crippen molar-refractivity contribution in [3.05, 3.63) is 28.2 Å². The molecule has 0 spiro atoms. The lowest BCUT2D eigenvalue weighted by molar-refractivity contribution is 0.409. The number of halogens is 1. The van der Waals surface area contributed by atoms with E-state index in [0.29, 0.717) is 6.54 Å². The van der Waals surface area contributed by atoms with E-state index in [-0.39, 0.29) is 5.96 Å². The fourth-order valence-corrected chi connectivity index (χ4v) is 1.66. The van der Waals surface area contributed by atoms with Gasteiger partial charge in [-0.05, 0) is 30.2 Å². The number of nitrogens with two attached hydrogens (primary N) is 2. The first-order valence-electron chi connectivity index (χ1n) is 4.51. The maximum atomic E-state index is 5.24. The van der Waals surface area contributed by atoms with Crippen LogP contribution in [0.1, 0.15) is 5.56 Å². The molecule has 0 aliphatic rings. The van der Waals surface area contributed by atoms with Gasteiger partial charge in [-0.2, -0.15) is 0 Å². The normalized spacial score (nSPS) is 9.73. The summed E-state index contributed by atoms with van der Waals surface area (Å²) in [6.07, 6.45) is 0.751. The fourth-order valence-electron chi connectivity index (χ4n) is 1.25. The standard InChI is InChI=1S/C10H14BrN3O/c1-15-9-3-2-8(11)6-7(9)4-5-14-10(12)13/h2-3,6H,4-5H2,1H3,(H4,12,13,14). The molecule has 0 unspecified atom stereocenters. The van der Waals surface area contributed by atoms with Crippen LogP contribution in [-0.4, -0.2) is 19.6 Å². The zero-order chi connectivity index (χ0) is 11.3. The van der Waals surface area contributed by atoms with E-state index in [1.54, 1.807) is 7.11 Å². The van der Waals surface area contributed by atoms with Crippen LogP contribution < -0.4 is 16.2 Å². The van der Waals surface area contributed by atoms with E-state index >= 15 is 0 Å². The van der Waals surface area contributed by atoms with Crippen molar-refractivity contribution in [2.24, 2.45) is 16.5 Å². The molecule has 15 heavy (non-hydrogen) atoms. The lowest BCUT2D eigenvalue weighted by atomic mass is 10.1. The van der Waals surface area contributed by atoms with Crippen LogP contribution in [0.3, 0.4) is 0 Å². The van der Waals surface area contributed by atoms with E-state index in [4.69, 9.17) is 16.2 Å². The number of guanidine groups is 1. The molecule has 4 nitrogen and oxygen atoms in total. The summed E-state index contributed by atoms with van der Waals surface area (Å²) < 4.78 is 6.24. The molecule has 1 aromatic rings. The molecule has 0 aromatic heterocycles. The summed E-state index contributed by atoms with van der Waals surface area (Å²) >= 11 is 3.41. The van der Waals surface area contributed by atoms with Crippen LogP contribution in [0.15, 0.2) is 27.7 Å². The highest BCUT2D eigenvalue weighted by Crippen LogP contribution is 2.23. The molecule has 0 bridgehead atoms. The first-order chi connectivity index (χ1) is 7.13. The van der Waals surface area contributed by atoms with Gasteiger partial charge in [0.25, 0.3) is 0 Å². The minimum absolute atomic E-state index is 0.115. The zero-order valence-corrected chi connectivity index (χ0v) is 10.1. The number of benzene rings is 1. The molecule has 1 aromatic carbocycles. The Kier molecular flexibility index (Phi) is 4.42. The van der Waals surface area contributed by atoms with E-state index in [0.717, 1.165) is 22.2 Å². The maximum absolute atomic E-state index is 5.24. The molecule has 0 saturated heterocycles. The molecule has 1 rings (SSSR count). The number of aliphatic imine (C=N–C) groups is 1. The highest BCUT2D eigenvalue weighted by atomic mass is 79.9. The lowest BCUT2D eigenvalue weighted by Crippen LogP contribution is -2.23. The second-order valence-electron chi connectivity index (χ2n) is 3.01. The minimum atomic E-state index is 0.115. The van der Waals surface area contributed by atoms with Gasteiger partial charge in [0.2, 0.25) is 0 Å². The largest absolute Gasteiger partial charge is 0.496 e. The Morgan fingerprint density at radius 1 is 1.47 bits per heavy atom. The van der Waals surface area contributed by atoms with Gasteiger partial charge in [0.1, 0.15) is 5.75 Å². The topological polar surface area (TPSA) is 73.6 Å². The van der Waals surface area contributed by atoms with Gasteiger partial charge in [-0.1, -0.05) is 15.9 Å². The highest BCUT2D eigenvalue weighted by Gasteiger charge is 2.02. The third-order valence-electron chi connectivity index (χ3n) is 1.92. The van der Waals surface area contributed by atoms with Crippen LogP contribution in [0.4, 0.5) is 0 Å². The van der Waals surface area contributed by atoms with Gasteiger partial charge in [-0.25, -0.2) is 0 Å². The van der Waals surface area contributed by atoms with Crippen molar-refractivity contribution in [3.8, 4) is 5.75 Å². The molecule has 4 N–H and O–H groups in total. The van der Waals surface area contributed by atoms with Crippen molar-refractivity contribution >= 4 is 21.9 Å². The Balaban J connectivity index is 2.74. The van der Waals surface area contributed by atoms with Crippen molar-refractivity contribution in [1.82, 2.24) is 0 Å². The Labute approximate surface area is 97.4 Å². The van der Waals surface area contributed by atoms with E-state index in [1.807, 2.05) is 18.2 Å². The van der Waals surface area contributed by atoms with Gasteiger partial charge in [0.15, 0.2) is 5.96 Å². The predicted octanol–water partition coefficient (Wildman–Crippen LogP) is 1.27. The van der Waals surface area contributed by atoms with E-state index in [1.165, 1.54) is 0 Å². The Morgan fingerprint density at radius 2 is 2.20 bits per heavy atom. The van der Waals surface area contributed by atoms with Crippen molar-refractivity contribution in [1.29, 1.82) is 0 Å². The summed E-state index contributed by atoms with van der Waals surface area (Å²) in [5.74, 6) is 0.966. The first kappa shape index (κ1) is 11.8. The molecule has 0 heterocycles. The monoisotopic (exact) mass is 271 g/mol. The predicted molar refractivity (Wildman–Crippen MR) is 65.1 cm³/mol. The van der Waals surface area contributed by atoms with Gasteiger partial charge in [0.05, 0.1) is 7.11 Å². The summed E-state index contributed by atoms with van der Waals surface area (Å²) in [5.41, 5.74) is 11.6. The van der Waals surface area contributed by atoms with Crippen LogP contribution >= 0.6 is 15.9 Å². The van der Waals surface area contributed by atoms with Crippen LogP contribution in [0, 0.1) is 0 Å². The van der Waals surface area contributed by atoms with Crippen LogP contribution in [0.2, 0.25) is 0 Å². The lowest BCUT2D eigenvalue weighted by Gasteiger charge is -2.07. The average molecular weight is 272 g/mol. The summed E-state index contributed by atoms with van der Waals surface area (Å²) in [4.78, 5) is 3.93. The molecule has 0 saturated carbocycles. The van der Waals surface area contributed by atoms with Crippen LogP contribution in [-0.2, 0) is 6.42 Å². The van der Waals surface area contributed by atoms with Crippen LogP contribution in [0.5, 0.6) is 5.75 Å². The second kappa shape index (κ2) is 5.60. The van der Waals surface area contributed by atoms with E-state index in [9.17, 15) is 0 Å². The number of methoxy groups -OCH3 is 1. The van der Waals surface area contributed by atoms with Gasteiger partial charge in [-0.3, -0.25) is 4.99 Å². The molecular formula is C10H14BrN3O. The fraction of sp³-hybridized carbons (Fsp3) is 0.300. The number of ether oxygens (including phenoxy) is 1. The van der Waals surface area contributed by atoms with Crippen molar-refractivity contribution in [3.63, 3.8) is 0 Å². The Bertz CT molecular complexity index is 362. The third-order valence-corrected chi connectivity index (χ3v) is 2.41. The molecule has 82 valence electrons. The highest BCUT2D eigenvalue weighted by molar-refractivity contribution is 9.10. The average Bonchev–Trinajstić information content (AvgIpc) is 2.17. The summed E-state index contributed by atoms with van der Waals surface area (Å²) in [6.45, 7) is 0.565. The second-order valence-corrected chi connectivity index (χ2v) is 3.93. The van der Waals surface area contributed by atoms with Crippen LogP contribution in [0.25, 0.3) is 0 Å². The SMILES string of the molecule is COc1ccc(Br)cc1CCN=C(N)N. The number of nitrogens with zero attached hydrogens (tertiary/aromatic N) is 1. The minimum Gasteiger partial charge on any atom is -0.496 e. The van der Waals surface area contributed by atoms with Crippen molar-refractivity contribution in [2.45, 2.75) is 6.42 Å². The van der Waals surface area contributed by atoms with Crippen molar-refractivity contribution < 1.29 is 4.74 Å². The molecule has 5 heteroatoms. The maximum Gasteiger partial charge on any atom is 0.185 e. The van der Waals surface area contributed by atoms with Gasteiger partial charge < -0.3 is 16.2 Å². The molecule has 0 amide bonds. The Morgan fingerprint density at radius 3 is 2.80 bits per heavy atom. The first-order valence-corrected chi connectivity index (χ1v) is 5.30. The van der Waals surface area contributed by atoms with E-state index < -0.39 is 0 Å². The number of hydrogen-bond acceptors (Lipinski definition) is 2. The van der Waals surface area contributed by atoms with Gasteiger partial charge >= 0.3 is 0 Å². The van der Waals surface area contributed by atoms with Gasteiger partial charge in [0, 0.05) is 11.0 Å². The smallest absolute Gasteiger partial charge is 0.185 e. The number of hydrogen-bond donors (Lipinski definition) is 2. The van der Waals surface area contributed by atoms with Gasteiger partial charge in [-0.15, -0.1) is 0 Å². The summed E-state index contributed by atoms with van der Waals surface area (Å²) in [6, 6.07) is 5.85. The van der Waals surface area contributed by atoms with E-state index in [2.05, 4.69) is 20.9 Å². The summed E-state index contributed by atoms with van der Waals surface area (Å²) in [5, 5.41) is 0. The molecule has 0 aliphatic carbocycles. The molecular weight excluding hydrogens is 258 g/mol. The molecule has 0 aliphatic heterocycles. The Hall–Kier alpha value is -1.23. The summed E-state index contributed by atoms with van der Waals surface area (Å²) in [7, 11) is 1.65. The molecule has 0 atom stereocenters. The quantitative estimate of drug-likeness (QED) is 0.640. The molecule has 0 fully saturated rings. The zero-order valence-electron chi connectivity index (χ0n) is 8.53.